The van der Waals surface area contributed by atoms with Gasteiger partial charge < -0.3 is 28.8 Å². The molecule has 5 rings (SSSR count). The third-order valence-corrected chi connectivity index (χ3v) is 7.99. The molecule has 1 aromatic carbocycles. The maximum atomic E-state index is 13.6. The van der Waals surface area contributed by atoms with Crippen LogP contribution in [-0.4, -0.2) is 73.3 Å². The van der Waals surface area contributed by atoms with Crippen LogP contribution in [-0.2, 0) is 30.2 Å². The number of ether oxygens (including phenoxy) is 5. The monoisotopic (exact) mass is 501 g/mol. The van der Waals surface area contributed by atoms with Gasteiger partial charge in [-0.05, 0) is 67.5 Å². The van der Waals surface area contributed by atoms with Gasteiger partial charge in [-0.1, -0.05) is 13.8 Å². The van der Waals surface area contributed by atoms with Crippen LogP contribution in [0.2, 0.25) is 0 Å². The van der Waals surface area contributed by atoms with Gasteiger partial charge in [0, 0.05) is 6.54 Å². The molecule has 9 heteroatoms. The Kier molecular flexibility index (Phi) is 6.41. The first-order chi connectivity index (χ1) is 17.2. The maximum absolute atomic E-state index is 13.6. The molecule has 2 unspecified atom stereocenters. The number of carbonyl (C=O) groups is 2. The quantitative estimate of drug-likeness (QED) is 0.565. The maximum Gasteiger partial charge on any atom is 0.339 e. The first kappa shape index (κ1) is 24.9. The van der Waals surface area contributed by atoms with E-state index in [4.69, 9.17) is 23.7 Å². The smallest absolute Gasteiger partial charge is 0.339 e. The molecule has 3 heterocycles. The first-order valence-electron chi connectivity index (χ1n) is 12.7. The number of rotatable bonds is 7. The van der Waals surface area contributed by atoms with Gasteiger partial charge in [-0.25, -0.2) is 4.79 Å². The fraction of sp³-hybridized carbons (Fsp3) is 0.630. The van der Waals surface area contributed by atoms with Gasteiger partial charge in [0.05, 0.1) is 32.1 Å². The number of carbonyl (C=O) groups excluding carboxylic acids is 2. The molecule has 1 spiro atoms. The van der Waals surface area contributed by atoms with Gasteiger partial charge in [0.1, 0.15) is 5.76 Å². The molecule has 9 nitrogen and oxygen atoms in total. The van der Waals surface area contributed by atoms with Crippen molar-refractivity contribution in [3.63, 3.8) is 0 Å². The van der Waals surface area contributed by atoms with Crippen molar-refractivity contribution in [2.75, 3.05) is 34.1 Å². The van der Waals surface area contributed by atoms with Crippen LogP contribution in [0.4, 0.5) is 0 Å². The summed E-state index contributed by atoms with van der Waals surface area (Å²) in [5.74, 6) is 0.123. The lowest BCUT2D eigenvalue weighted by molar-refractivity contribution is -0.179. The molecule has 0 radical (unpaired) electrons. The molecule has 0 amide bonds. The second-order valence-electron chi connectivity index (χ2n) is 10.7. The SMILES string of the molecule is COC(=O)CC(O)(CC(C)C)C(=O)OC1C(OC)=C[C@]23CCCN2CCc2cc4c(cc2[C@H]13)OCO4. The third-order valence-electron chi connectivity index (χ3n) is 7.99. The van der Waals surface area contributed by atoms with Crippen LogP contribution in [0.5, 0.6) is 11.5 Å². The zero-order valence-corrected chi connectivity index (χ0v) is 21.4. The van der Waals surface area contributed by atoms with E-state index < -0.39 is 30.1 Å². The summed E-state index contributed by atoms with van der Waals surface area (Å²) < 4.78 is 28.0. The molecular formula is C27H35NO8. The number of hydrogen-bond donors (Lipinski definition) is 1. The van der Waals surface area contributed by atoms with E-state index in [-0.39, 0.29) is 30.6 Å². The topological polar surface area (TPSA) is 104 Å². The number of benzene rings is 1. The average Bonchev–Trinajstić information content (AvgIpc) is 3.52. The van der Waals surface area contributed by atoms with Crippen LogP contribution >= 0.6 is 0 Å². The second kappa shape index (κ2) is 9.27. The predicted octanol–water partition coefficient (Wildman–Crippen LogP) is 2.69. The Morgan fingerprint density at radius 1 is 1.22 bits per heavy atom. The molecule has 1 N–H and O–H groups in total. The highest BCUT2D eigenvalue weighted by molar-refractivity contribution is 5.86. The minimum Gasteiger partial charge on any atom is -0.497 e. The molecule has 3 aliphatic heterocycles. The minimum absolute atomic E-state index is 0.0526. The molecule has 1 saturated heterocycles. The highest BCUT2D eigenvalue weighted by atomic mass is 16.7. The van der Waals surface area contributed by atoms with Crippen LogP contribution in [0, 0.1) is 5.92 Å². The third kappa shape index (κ3) is 4.02. The summed E-state index contributed by atoms with van der Waals surface area (Å²) in [6.07, 6.45) is 3.67. The van der Waals surface area contributed by atoms with Gasteiger partial charge in [0.15, 0.2) is 23.2 Å². The van der Waals surface area contributed by atoms with Crippen molar-refractivity contribution in [1.82, 2.24) is 4.90 Å². The lowest BCUT2D eigenvalue weighted by atomic mass is 9.77. The van der Waals surface area contributed by atoms with E-state index in [1.165, 1.54) is 7.11 Å². The van der Waals surface area contributed by atoms with Crippen molar-refractivity contribution in [2.24, 2.45) is 5.92 Å². The zero-order valence-electron chi connectivity index (χ0n) is 21.4. The van der Waals surface area contributed by atoms with Crippen molar-refractivity contribution >= 4 is 11.9 Å². The molecule has 4 aliphatic rings. The first-order valence-corrected chi connectivity index (χ1v) is 12.7. The molecule has 196 valence electrons. The van der Waals surface area contributed by atoms with Crippen molar-refractivity contribution < 1.29 is 38.4 Å². The Morgan fingerprint density at radius 2 is 1.97 bits per heavy atom. The molecule has 0 aromatic heterocycles. The summed E-state index contributed by atoms with van der Waals surface area (Å²) in [7, 11) is 2.81. The van der Waals surface area contributed by atoms with E-state index in [9.17, 15) is 14.7 Å². The lowest BCUT2D eigenvalue weighted by Gasteiger charge is -2.39. The van der Waals surface area contributed by atoms with Gasteiger partial charge in [-0.2, -0.15) is 0 Å². The van der Waals surface area contributed by atoms with Crippen LogP contribution < -0.4 is 9.47 Å². The van der Waals surface area contributed by atoms with Gasteiger partial charge in [-0.3, -0.25) is 9.69 Å². The van der Waals surface area contributed by atoms with Crippen molar-refractivity contribution in [2.45, 2.75) is 69.1 Å². The number of aliphatic hydroxyl groups is 1. The van der Waals surface area contributed by atoms with E-state index in [1.807, 2.05) is 26.0 Å². The fourth-order valence-electron chi connectivity index (χ4n) is 6.53. The predicted molar refractivity (Wildman–Crippen MR) is 129 cm³/mol. The Balaban J connectivity index is 1.56. The number of nitrogens with zero attached hydrogens (tertiary/aromatic N) is 1. The van der Waals surface area contributed by atoms with Gasteiger partial charge in [0.2, 0.25) is 6.79 Å². The van der Waals surface area contributed by atoms with Crippen LogP contribution in [0.1, 0.15) is 56.6 Å². The summed E-state index contributed by atoms with van der Waals surface area (Å²) in [5, 5.41) is 11.3. The average molecular weight is 502 g/mol. The zero-order chi connectivity index (χ0) is 25.7. The highest BCUT2D eigenvalue weighted by Crippen LogP contribution is 2.55. The normalized spacial score (nSPS) is 27.9. The van der Waals surface area contributed by atoms with E-state index in [0.717, 1.165) is 49.2 Å². The number of esters is 2. The molecule has 0 bridgehead atoms. The molecular weight excluding hydrogens is 466 g/mol. The van der Waals surface area contributed by atoms with Crippen LogP contribution in [0.25, 0.3) is 0 Å². The summed E-state index contributed by atoms with van der Waals surface area (Å²) in [4.78, 5) is 28.2. The number of fused-ring (bicyclic) bond motifs is 3. The summed E-state index contributed by atoms with van der Waals surface area (Å²) in [5.41, 5.74) is -0.233. The molecule has 1 aromatic rings. The molecule has 4 atom stereocenters. The van der Waals surface area contributed by atoms with E-state index in [0.29, 0.717) is 11.5 Å². The number of hydrogen-bond acceptors (Lipinski definition) is 9. The molecule has 0 saturated carbocycles. The van der Waals surface area contributed by atoms with E-state index in [1.54, 1.807) is 7.11 Å². The summed E-state index contributed by atoms with van der Waals surface area (Å²) in [6, 6.07) is 4.04. The highest BCUT2D eigenvalue weighted by Gasteiger charge is 2.59. The van der Waals surface area contributed by atoms with E-state index >= 15 is 0 Å². The Labute approximate surface area is 211 Å². The minimum atomic E-state index is -2.01. The second-order valence-corrected chi connectivity index (χ2v) is 10.7. The Bertz CT molecular complexity index is 1080. The Hall–Kier alpha value is -2.78. The van der Waals surface area contributed by atoms with Crippen LogP contribution in [0.3, 0.4) is 0 Å². The van der Waals surface area contributed by atoms with E-state index in [2.05, 4.69) is 11.0 Å². The van der Waals surface area contributed by atoms with Crippen molar-refractivity contribution in [1.29, 1.82) is 0 Å². The van der Waals surface area contributed by atoms with Crippen molar-refractivity contribution in [3.05, 3.63) is 35.1 Å². The molecule has 36 heavy (non-hydrogen) atoms. The Morgan fingerprint density at radius 3 is 2.67 bits per heavy atom. The standard InChI is InChI=1S/C27H35NO8/c1-16(2)12-27(31,14-22(29)33-4)25(30)36-24-21(32-3)13-26-7-5-8-28(26)9-6-17-10-19-20(35-15-34-19)11-18(17)23(24)26/h10-11,13,16,23-24,31H,5-9,12,14-15H2,1-4H3/t23-,24?,26+,27?/m1/s1. The van der Waals surface area contributed by atoms with Crippen LogP contribution in [0.15, 0.2) is 24.0 Å². The van der Waals surface area contributed by atoms with Gasteiger partial charge >= 0.3 is 11.9 Å². The van der Waals surface area contributed by atoms with Gasteiger partial charge in [0.25, 0.3) is 0 Å². The summed E-state index contributed by atoms with van der Waals surface area (Å²) >= 11 is 0. The van der Waals surface area contributed by atoms with Crippen molar-refractivity contribution in [3.8, 4) is 11.5 Å². The van der Waals surface area contributed by atoms with Gasteiger partial charge in [-0.15, -0.1) is 0 Å². The lowest BCUT2D eigenvalue weighted by Crippen LogP contribution is -2.49. The molecule has 1 fully saturated rings. The molecule has 1 aliphatic carbocycles. The largest absolute Gasteiger partial charge is 0.497 e. The number of methoxy groups -OCH3 is 2. The summed E-state index contributed by atoms with van der Waals surface area (Å²) in [6.45, 7) is 5.72. The fourth-order valence-corrected chi connectivity index (χ4v) is 6.53.